The van der Waals surface area contributed by atoms with E-state index in [-0.39, 0.29) is 46.0 Å². The van der Waals surface area contributed by atoms with E-state index in [1.165, 1.54) is 69.2 Å². The molecule has 0 aliphatic rings. The molecule has 0 spiro atoms. The van der Waals surface area contributed by atoms with Crippen molar-refractivity contribution >= 4 is 53.1 Å². The number of aliphatic hydroxyl groups excluding tert-OH is 1. The van der Waals surface area contributed by atoms with Crippen molar-refractivity contribution in [3.63, 3.8) is 0 Å². The quantitative estimate of drug-likeness (QED) is 0.278. The first-order valence-corrected chi connectivity index (χ1v) is 11.9. The first kappa shape index (κ1) is 65.7. The van der Waals surface area contributed by atoms with Crippen LogP contribution in [0.3, 0.4) is 0 Å². The first-order valence-electron chi connectivity index (χ1n) is 11.9. The van der Waals surface area contributed by atoms with Crippen LogP contribution in [0.25, 0.3) is 0 Å². The third-order valence-corrected chi connectivity index (χ3v) is 2.44. The van der Waals surface area contributed by atoms with Crippen molar-refractivity contribution in [2.24, 2.45) is 0 Å². The molecule has 0 aliphatic heterocycles. The largest absolute Gasteiger partial charge is 0.412 e. The predicted octanol–water partition coefficient (Wildman–Crippen LogP) is 2.20. The normalized spacial score (nSPS) is 7.67. The molecule has 242 valence electrons. The number of ketones is 7. The molecule has 0 rings (SSSR count). The van der Waals surface area contributed by atoms with E-state index in [4.69, 9.17) is 14.7 Å². The number of aldehydes is 2. The van der Waals surface area contributed by atoms with Gasteiger partial charge in [0.15, 0.2) is 40.5 Å². The molecule has 0 aromatic heterocycles. The number of carbonyl (C=O) groups excluding carboxylic acids is 9. The molecule has 13 heteroatoms. The molecule has 40 heavy (non-hydrogen) atoms. The second kappa shape index (κ2) is 60.4. The maximum Gasteiger partial charge on any atom is 0.195 e. The minimum atomic E-state index is -0.787. The summed E-state index contributed by atoms with van der Waals surface area (Å²) in [4.78, 5) is 90.9. The molecule has 0 saturated carbocycles. The first-order chi connectivity index (χ1) is 17.7. The highest BCUT2D eigenvalue weighted by atomic mass is 16.7. The zero-order chi connectivity index (χ0) is 34.3. The Balaban J connectivity index is -0.0000000324. The lowest BCUT2D eigenvalue weighted by Gasteiger charge is -2.01. The van der Waals surface area contributed by atoms with Gasteiger partial charge in [-0.1, -0.05) is 27.7 Å². The third-order valence-electron chi connectivity index (χ3n) is 2.44. The summed E-state index contributed by atoms with van der Waals surface area (Å²) in [7, 11) is 5.29. The van der Waals surface area contributed by atoms with Crippen molar-refractivity contribution in [3.8, 4) is 0 Å². The second-order valence-corrected chi connectivity index (χ2v) is 6.09. The molecule has 3 N–H and O–H groups in total. The average Bonchev–Trinajstić information content (AvgIpc) is 2.84. The highest BCUT2D eigenvalue weighted by Crippen LogP contribution is 1.77. The highest BCUT2D eigenvalue weighted by molar-refractivity contribution is 6.35. The lowest BCUT2D eigenvalue weighted by molar-refractivity contribution is -0.134. The fourth-order valence-corrected chi connectivity index (χ4v) is 0. The number of hydrogen-bond donors (Lipinski definition) is 1. The lowest BCUT2D eigenvalue weighted by atomic mass is 10.3. The molecule has 0 fully saturated rings. The van der Waals surface area contributed by atoms with Crippen molar-refractivity contribution in [2.45, 2.75) is 103 Å². The summed E-state index contributed by atoms with van der Waals surface area (Å²) < 4.78 is 0. The Labute approximate surface area is 241 Å². The topological polar surface area (TPSA) is 218 Å². The van der Waals surface area contributed by atoms with E-state index in [9.17, 15) is 33.6 Å². The van der Waals surface area contributed by atoms with Crippen molar-refractivity contribution in [1.29, 1.82) is 0 Å². The van der Waals surface area contributed by atoms with E-state index in [2.05, 4.69) is 4.84 Å². The zero-order valence-electron chi connectivity index (χ0n) is 27.7. The SMILES string of the molecule is CC.CC.CC(=O)C(C)=O.CC(=O)C(C)=O.CC(=O)C(C)=O.CC(=O)C(C)O.CC=O.CC=O.CON(C)C.O. The van der Waals surface area contributed by atoms with Gasteiger partial charge in [-0.15, -0.1) is 0 Å². The minimum Gasteiger partial charge on any atom is -0.412 e. The van der Waals surface area contributed by atoms with E-state index in [0.29, 0.717) is 0 Å². The van der Waals surface area contributed by atoms with Crippen LogP contribution >= 0.6 is 0 Å². The number of Topliss-reactive ketones (excluding diaryl/α,β-unsaturated/α-hetero) is 7. The molecule has 0 aromatic rings. The lowest BCUT2D eigenvalue weighted by Crippen LogP contribution is -2.10. The van der Waals surface area contributed by atoms with Crippen molar-refractivity contribution in [2.75, 3.05) is 21.2 Å². The molecule has 1 atom stereocenters. The average molecular weight is 588 g/mol. The summed E-state index contributed by atoms with van der Waals surface area (Å²) in [6, 6.07) is 0. The molecule has 0 bridgehead atoms. The number of aliphatic hydroxyl groups is 1. The van der Waals surface area contributed by atoms with E-state index < -0.39 is 6.10 Å². The maximum atomic E-state index is 9.89. The van der Waals surface area contributed by atoms with Crippen LogP contribution in [0.5, 0.6) is 0 Å². The number of rotatable bonds is 5. The molecule has 0 amide bonds. The Morgan fingerprint density at radius 2 is 0.675 bits per heavy atom. The summed E-state index contributed by atoms with van der Waals surface area (Å²) in [6.07, 6.45) is 0.713. The fraction of sp³-hybridized carbons (Fsp3) is 0.667. The van der Waals surface area contributed by atoms with Gasteiger partial charge in [-0.25, -0.2) is 0 Å². The standard InChI is InChI=1S/C4H8O2.3C4H6O2.C3H9NO.2C2H4O.2C2H6.H2O/c4*1-3(5)4(2)6;1-4(2)5-3;2*1-2-3;2*1-2;/h3,5H,1-2H3;3*1-2H3;1-3H3;2*2H,1H3;2*1-2H3;1H2. The smallest absolute Gasteiger partial charge is 0.195 e. The molecule has 0 radical (unpaired) electrons. The van der Waals surface area contributed by atoms with Gasteiger partial charge in [-0.2, -0.15) is 5.06 Å². The Morgan fingerprint density at radius 3 is 0.675 bits per heavy atom. The van der Waals surface area contributed by atoms with Crippen LogP contribution in [0.2, 0.25) is 0 Å². The van der Waals surface area contributed by atoms with E-state index in [1.54, 1.807) is 12.2 Å². The molecular formula is C27H57NO12. The van der Waals surface area contributed by atoms with Gasteiger partial charge in [-0.3, -0.25) is 33.6 Å². The van der Waals surface area contributed by atoms with E-state index in [0.717, 1.165) is 12.6 Å². The van der Waals surface area contributed by atoms with Crippen molar-refractivity contribution in [3.05, 3.63) is 0 Å². The summed E-state index contributed by atoms with van der Waals surface area (Å²) >= 11 is 0. The van der Waals surface area contributed by atoms with Gasteiger partial charge < -0.3 is 25.0 Å². The van der Waals surface area contributed by atoms with Gasteiger partial charge in [0.05, 0.1) is 7.11 Å². The summed E-state index contributed by atoms with van der Waals surface area (Å²) in [6.45, 7) is 21.2. The highest BCUT2D eigenvalue weighted by Gasteiger charge is 1.97. The van der Waals surface area contributed by atoms with Crippen LogP contribution in [0.4, 0.5) is 0 Å². The number of hydroxylamine groups is 2. The number of carbonyl (C=O) groups is 9. The van der Waals surface area contributed by atoms with Gasteiger partial charge in [0, 0.05) is 55.6 Å². The van der Waals surface area contributed by atoms with E-state index >= 15 is 0 Å². The van der Waals surface area contributed by atoms with Gasteiger partial charge in [0.2, 0.25) is 0 Å². The Bertz CT molecular complexity index is 542. The Hall–Kier alpha value is -3.13. The molecule has 1 unspecified atom stereocenters. The molecule has 13 nitrogen and oxygen atoms in total. The van der Waals surface area contributed by atoms with Crippen molar-refractivity contribution in [1.82, 2.24) is 5.06 Å². The maximum absolute atomic E-state index is 9.89. The zero-order valence-corrected chi connectivity index (χ0v) is 27.7. The van der Waals surface area contributed by atoms with Gasteiger partial charge >= 0.3 is 0 Å². The minimum absolute atomic E-state index is 0. The predicted molar refractivity (Wildman–Crippen MR) is 157 cm³/mol. The van der Waals surface area contributed by atoms with Crippen LogP contribution in [-0.4, -0.2) is 96.0 Å². The number of nitrogens with zero attached hydrogens (tertiary/aromatic N) is 1. The van der Waals surface area contributed by atoms with Gasteiger partial charge in [0.25, 0.3) is 0 Å². The molecule has 0 aliphatic carbocycles. The van der Waals surface area contributed by atoms with Crippen LogP contribution in [0.1, 0.15) is 96.9 Å². The summed E-state index contributed by atoms with van der Waals surface area (Å²) in [5.74, 6) is -2.46. The second-order valence-electron chi connectivity index (χ2n) is 6.09. The van der Waals surface area contributed by atoms with Crippen LogP contribution in [-0.2, 0) is 48.0 Å². The molecule has 0 heterocycles. The number of hydrogen-bond acceptors (Lipinski definition) is 12. The van der Waals surface area contributed by atoms with Crippen LogP contribution in [0.15, 0.2) is 0 Å². The van der Waals surface area contributed by atoms with Crippen LogP contribution in [0, 0.1) is 0 Å². The fourth-order valence-electron chi connectivity index (χ4n) is 0. The molecule has 0 saturated heterocycles. The van der Waals surface area contributed by atoms with Crippen molar-refractivity contribution < 1.29 is 58.6 Å². The third kappa shape index (κ3) is 181. The molecule has 0 aromatic carbocycles. The van der Waals surface area contributed by atoms with Crippen LogP contribution < -0.4 is 0 Å². The monoisotopic (exact) mass is 587 g/mol. The van der Waals surface area contributed by atoms with Gasteiger partial charge in [0.1, 0.15) is 18.7 Å². The Kier molecular flexibility index (Phi) is 99.2. The Morgan fingerprint density at radius 1 is 0.600 bits per heavy atom. The van der Waals surface area contributed by atoms with Gasteiger partial charge in [-0.05, 0) is 27.7 Å². The summed E-state index contributed by atoms with van der Waals surface area (Å²) in [5.41, 5.74) is 0. The summed E-state index contributed by atoms with van der Waals surface area (Å²) in [5, 5.41) is 9.91. The van der Waals surface area contributed by atoms with E-state index in [1.807, 2.05) is 41.8 Å². The molecular weight excluding hydrogens is 530 g/mol.